The summed E-state index contributed by atoms with van der Waals surface area (Å²) < 4.78 is 0. The van der Waals surface area contributed by atoms with Crippen LogP contribution in [-0.4, -0.2) is 45.6 Å². The average molecular weight is 231 g/mol. The minimum absolute atomic E-state index is 0.199. The molecule has 2 aromatic rings. The minimum atomic E-state index is -0.402. The number of aliphatic hydroxyl groups excluding tert-OH is 1. The number of likely N-dealkylation sites (tertiary alicyclic amines) is 1. The topological polar surface area (TPSA) is 69.2 Å². The summed E-state index contributed by atoms with van der Waals surface area (Å²) in [5.41, 5.74) is 2.00. The summed E-state index contributed by atoms with van der Waals surface area (Å²) in [5.74, 6) is 0.134. The lowest BCUT2D eigenvalue weighted by atomic mass is 9.96. The van der Waals surface area contributed by atoms with E-state index in [1.165, 1.54) is 0 Å². The van der Waals surface area contributed by atoms with Gasteiger partial charge < -0.3 is 15.0 Å². The number of pyridine rings is 1. The number of hydrogen-bond donors (Lipinski definition) is 2. The molecule has 3 heterocycles. The molecule has 1 fully saturated rings. The van der Waals surface area contributed by atoms with Gasteiger partial charge in [-0.15, -0.1) is 0 Å². The number of carbonyl (C=O) groups is 1. The molecule has 2 N–H and O–H groups in total. The molecular weight excluding hydrogens is 218 g/mol. The predicted molar refractivity (Wildman–Crippen MR) is 62.5 cm³/mol. The van der Waals surface area contributed by atoms with Crippen LogP contribution in [0.2, 0.25) is 0 Å². The molecular formula is C12H13N3O2. The molecule has 0 saturated carbocycles. The van der Waals surface area contributed by atoms with Crippen LogP contribution < -0.4 is 0 Å². The SMILES string of the molecule is O=C(CO)N1CC(c2cc3cccnc3[nH]2)C1. The molecule has 3 rings (SSSR count). The van der Waals surface area contributed by atoms with Crippen molar-refractivity contribution in [2.24, 2.45) is 0 Å². The van der Waals surface area contributed by atoms with E-state index in [1.807, 2.05) is 12.1 Å². The molecule has 17 heavy (non-hydrogen) atoms. The second-order valence-corrected chi connectivity index (χ2v) is 4.32. The first-order chi connectivity index (χ1) is 8.28. The van der Waals surface area contributed by atoms with E-state index in [9.17, 15) is 4.79 Å². The van der Waals surface area contributed by atoms with Crippen molar-refractivity contribution < 1.29 is 9.90 Å². The molecule has 88 valence electrons. The van der Waals surface area contributed by atoms with Gasteiger partial charge in [0.05, 0.1) is 0 Å². The summed E-state index contributed by atoms with van der Waals surface area (Å²) in [7, 11) is 0. The molecule has 2 aromatic heterocycles. The fourth-order valence-corrected chi connectivity index (χ4v) is 2.18. The van der Waals surface area contributed by atoms with Crippen molar-refractivity contribution in [1.82, 2.24) is 14.9 Å². The van der Waals surface area contributed by atoms with E-state index in [1.54, 1.807) is 11.1 Å². The molecule has 1 aliphatic rings. The van der Waals surface area contributed by atoms with Gasteiger partial charge >= 0.3 is 0 Å². The number of rotatable bonds is 2. The molecule has 0 bridgehead atoms. The highest BCUT2D eigenvalue weighted by atomic mass is 16.3. The Morgan fingerprint density at radius 3 is 3.12 bits per heavy atom. The smallest absolute Gasteiger partial charge is 0.248 e. The van der Waals surface area contributed by atoms with Crippen LogP contribution in [0.1, 0.15) is 11.6 Å². The van der Waals surface area contributed by atoms with E-state index in [4.69, 9.17) is 5.11 Å². The standard InChI is InChI=1S/C12H13N3O2/c16-7-11(17)15-5-9(6-15)10-4-8-2-1-3-13-12(8)14-10/h1-4,9,16H,5-7H2,(H,13,14). The van der Waals surface area contributed by atoms with Gasteiger partial charge in [-0.1, -0.05) is 0 Å². The molecule has 0 unspecified atom stereocenters. The van der Waals surface area contributed by atoms with Gasteiger partial charge in [0.25, 0.3) is 0 Å². The quantitative estimate of drug-likeness (QED) is 0.790. The largest absolute Gasteiger partial charge is 0.387 e. The zero-order valence-corrected chi connectivity index (χ0v) is 9.26. The number of fused-ring (bicyclic) bond motifs is 1. The molecule has 0 aromatic carbocycles. The third kappa shape index (κ3) is 1.68. The summed E-state index contributed by atoms with van der Waals surface area (Å²) in [4.78, 5) is 20.4. The summed E-state index contributed by atoms with van der Waals surface area (Å²) in [6, 6.07) is 5.99. The van der Waals surface area contributed by atoms with Crippen molar-refractivity contribution in [3.8, 4) is 0 Å². The molecule has 1 aliphatic heterocycles. The average Bonchev–Trinajstić information content (AvgIpc) is 2.69. The Labute approximate surface area is 98.1 Å². The van der Waals surface area contributed by atoms with E-state index in [0.29, 0.717) is 19.0 Å². The number of aliphatic hydroxyl groups is 1. The van der Waals surface area contributed by atoms with Crippen molar-refractivity contribution >= 4 is 16.9 Å². The first kappa shape index (κ1) is 10.3. The lowest BCUT2D eigenvalue weighted by molar-refractivity contribution is -0.138. The van der Waals surface area contributed by atoms with Crippen molar-refractivity contribution in [3.63, 3.8) is 0 Å². The number of aromatic nitrogens is 2. The van der Waals surface area contributed by atoms with Gasteiger partial charge in [-0.3, -0.25) is 4.79 Å². The highest BCUT2D eigenvalue weighted by Crippen LogP contribution is 2.28. The van der Waals surface area contributed by atoms with Gasteiger partial charge in [0.1, 0.15) is 12.3 Å². The first-order valence-corrected chi connectivity index (χ1v) is 5.60. The predicted octanol–water partition coefficient (Wildman–Crippen LogP) is 0.481. The number of carbonyl (C=O) groups excluding carboxylic acids is 1. The number of aromatic amines is 1. The van der Waals surface area contributed by atoms with Crippen LogP contribution in [0.25, 0.3) is 11.0 Å². The molecule has 0 atom stereocenters. The van der Waals surface area contributed by atoms with Gasteiger partial charge in [-0.2, -0.15) is 0 Å². The summed E-state index contributed by atoms with van der Waals surface area (Å²) in [5, 5.41) is 9.82. The Morgan fingerprint density at radius 1 is 1.59 bits per heavy atom. The summed E-state index contributed by atoms with van der Waals surface area (Å²) >= 11 is 0. The molecule has 1 amide bonds. The molecule has 1 saturated heterocycles. The molecule has 5 nitrogen and oxygen atoms in total. The van der Waals surface area contributed by atoms with E-state index in [-0.39, 0.29) is 5.91 Å². The van der Waals surface area contributed by atoms with Gasteiger partial charge in [0, 0.05) is 36.3 Å². The monoisotopic (exact) mass is 231 g/mol. The third-order valence-electron chi connectivity index (χ3n) is 3.22. The second-order valence-electron chi connectivity index (χ2n) is 4.32. The third-order valence-corrected chi connectivity index (χ3v) is 3.22. The Kier molecular flexibility index (Phi) is 2.33. The van der Waals surface area contributed by atoms with E-state index >= 15 is 0 Å². The lowest BCUT2D eigenvalue weighted by Crippen LogP contribution is -2.49. The van der Waals surface area contributed by atoms with Crippen LogP contribution in [-0.2, 0) is 4.79 Å². The van der Waals surface area contributed by atoms with Gasteiger partial charge in [0.2, 0.25) is 5.91 Å². The highest BCUT2D eigenvalue weighted by molar-refractivity contribution is 5.79. The Balaban J connectivity index is 1.76. The summed E-state index contributed by atoms with van der Waals surface area (Å²) in [6.45, 7) is 0.944. The maximum absolute atomic E-state index is 11.2. The van der Waals surface area contributed by atoms with E-state index in [2.05, 4.69) is 16.0 Å². The van der Waals surface area contributed by atoms with Crippen LogP contribution in [0.15, 0.2) is 24.4 Å². The maximum Gasteiger partial charge on any atom is 0.248 e. The summed E-state index contributed by atoms with van der Waals surface area (Å²) in [6.07, 6.45) is 1.75. The van der Waals surface area contributed by atoms with E-state index < -0.39 is 6.61 Å². The zero-order chi connectivity index (χ0) is 11.8. The number of hydrogen-bond acceptors (Lipinski definition) is 3. The fourth-order valence-electron chi connectivity index (χ4n) is 2.18. The van der Waals surface area contributed by atoms with Crippen LogP contribution in [0, 0.1) is 0 Å². The second kappa shape index (κ2) is 3.85. The highest BCUT2D eigenvalue weighted by Gasteiger charge is 2.32. The van der Waals surface area contributed by atoms with Crippen LogP contribution in [0.4, 0.5) is 0 Å². The van der Waals surface area contributed by atoms with Crippen LogP contribution in [0.3, 0.4) is 0 Å². The van der Waals surface area contributed by atoms with E-state index in [0.717, 1.165) is 16.7 Å². The van der Waals surface area contributed by atoms with Gasteiger partial charge in [-0.25, -0.2) is 4.98 Å². The Hall–Kier alpha value is -1.88. The molecule has 0 radical (unpaired) electrons. The first-order valence-electron chi connectivity index (χ1n) is 5.60. The van der Waals surface area contributed by atoms with Gasteiger partial charge in [0.15, 0.2) is 0 Å². The minimum Gasteiger partial charge on any atom is -0.387 e. The van der Waals surface area contributed by atoms with Crippen LogP contribution in [0.5, 0.6) is 0 Å². The molecule has 0 spiro atoms. The maximum atomic E-state index is 11.2. The molecule has 0 aliphatic carbocycles. The van der Waals surface area contributed by atoms with Gasteiger partial charge in [-0.05, 0) is 18.2 Å². The number of H-pyrrole nitrogens is 1. The number of nitrogens with zero attached hydrogens (tertiary/aromatic N) is 2. The number of amides is 1. The molecule has 5 heteroatoms. The zero-order valence-electron chi connectivity index (χ0n) is 9.26. The van der Waals surface area contributed by atoms with Crippen molar-refractivity contribution in [2.75, 3.05) is 19.7 Å². The van der Waals surface area contributed by atoms with Crippen molar-refractivity contribution in [3.05, 3.63) is 30.1 Å². The Bertz CT molecular complexity index is 525. The fraction of sp³-hybridized carbons (Fsp3) is 0.333. The normalized spacial score (nSPS) is 16.2. The van der Waals surface area contributed by atoms with Crippen molar-refractivity contribution in [2.45, 2.75) is 5.92 Å². The lowest BCUT2D eigenvalue weighted by Gasteiger charge is -2.38. The Morgan fingerprint density at radius 2 is 2.41 bits per heavy atom. The van der Waals surface area contributed by atoms with Crippen LogP contribution >= 0.6 is 0 Å². The van der Waals surface area contributed by atoms with Crippen molar-refractivity contribution in [1.29, 1.82) is 0 Å². The number of nitrogens with one attached hydrogen (secondary N) is 1.